The van der Waals surface area contributed by atoms with Gasteiger partial charge >= 0.3 is 0 Å². The van der Waals surface area contributed by atoms with Crippen LogP contribution in [0.5, 0.6) is 0 Å². The molecule has 1 aliphatic carbocycles. The van der Waals surface area contributed by atoms with Crippen LogP contribution in [0, 0.1) is 11.2 Å². The maximum absolute atomic E-state index is 15.5. The van der Waals surface area contributed by atoms with E-state index in [2.05, 4.69) is 44.5 Å². The summed E-state index contributed by atoms with van der Waals surface area (Å²) in [5, 5.41) is 3.90. The number of pyridine rings is 1. The number of halogens is 1. The maximum Gasteiger partial charge on any atom is 0.254 e. The standard InChI is InChI=1S/C34H33FN6O2/c1-33(2,3)29(31(43)40-14-5-15-40)39-30(42)25-9-7-21(17-26(25)35)23-18-37-32-38-19-28(41(32)20-23)34(11-12-34)24-8-10-27-22(16-24)6-4-13-36-27/h4,6-10,13,16-20,29H,5,11-12,14-15H2,1-3H3,(H,39,42)/t29-/m0/s1. The van der Waals surface area contributed by atoms with Gasteiger partial charge in [0.2, 0.25) is 11.7 Å². The number of imidazole rings is 1. The Morgan fingerprint density at radius 3 is 2.47 bits per heavy atom. The van der Waals surface area contributed by atoms with Gasteiger partial charge in [0.1, 0.15) is 11.9 Å². The molecule has 8 nitrogen and oxygen atoms in total. The van der Waals surface area contributed by atoms with E-state index in [0.717, 1.165) is 35.9 Å². The first kappa shape index (κ1) is 27.2. The average molecular weight is 577 g/mol. The lowest BCUT2D eigenvalue weighted by molar-refractivity contribution is -0.139. The van der Waals surface area contributed by atoms with Crippen molar-refractivity contribution in [1.29, 1.82) is 0 Å². The highest BCUT2D eigenvalue weighted by molar-refractivity contribution is 5.98. The number of nitrogens with one attached hydrogen (secondary N) is 1. The normalized spacial score (nSPS) is 16.6. The molecule has 1 saturated heterocycles. The first-order valence-electron chi connectivity index (χ1n) is 14.7. The number of hydrogen-bond donors (Lipinski definition) is 1. The van der Waals surface area contributed by atoms with E-state index in [9.17, 15) is 9.59 Å². The minimum atomic E-state index is -0.751. The molecule has 43 heavy (non-hydrogen) atoms. The molecule has 0 unspecified atom stereocenters. The van der Waals surface area contributed by atoms with Crippen molar-refractivity contribution in [3.05, 3.63) is 96.0 Å². The smallest absolute Gasteiger partial charge is 0.254 e. The zero-order chi connectivity index (χ0) is 29.9. The topological polar surface area (TPSA) is 92.5 Å². The Morgan fingerprint density at radius 2 is 1.77 bits per heavy atom. The second-order valence-corrected chi connectivity index (χ2v) is 12.8. The fourth-order valence-corrected chi connectivity index (χ4v) is 6.02. The van der Waals surface area contributed by atoms with Crippen LogP contribution < -0.4 is 5.32 Å². The van der Waals surface area contributed by atoms with Crippen molar-refractivity contribution < 1.29 is 14.0 Å². The molecule has 0 spiro atoms. The van der Waals surface area contributed by atoms with Crippen LogP contribution in [-0.4, -0.2) is 55.2 Å². The van der Waals surface area contributed by atoms with E-state index < -0.39 is 23.2 Å². The van der Waals surface area contributed by atoms with Gasteiger partial charge in [-0.05, 0) is 66.1 Å². The predicted molar refractivity (Wildman–Crippen MR) is 162 cm³/mol. The Kier molecular flexibility index (Phi) is 6.30. The molecule has 0 bridgehead atoms. The molecule has 5 aromatic rings. The van der Waals surface area contributed by atoms with Crippen molar-refractivity contribution in [2.45, 2.75) is 51.5 Å². The van der Waals surface area contributed by atoms with E-state index in [1.54, 1.807) is 23.4 Å². The third kappa shape index (κ3) is 4.73. The number of rotatable bonds is 6. The number of carbonyl (C=O) groups is 2. The Morgan fingerprint density at radius 1 is 0.977 bits per heavy atom. The van der Waals surface area contributed by atoms with Gasteiger partial charge in [-0.15, -0.1) is 0 Å². The van der Waals surface area contributed by atoms with Crippen LogP contribution in [0.1, 0.15) is 61.6 Å². The van der Waals surface area contributed by atoms with Crippen LogP contribution in [0.15, 0.2) is 73.3 Å². The Hall–Kier alpha value is -4.66. The summed E-state index contributed by atoms with van der Waals surface area (Å²) in [7, 11) is 0. The summed E-state index contributed by atoms with van der Waals surface area (Å²) >= 11 is 0. The lowest BCUT2D eigenvalue weighted by atomic mass is 9.85. The van der Waals surface area contributed by atoms with Gasteiger partial charge in [-0.25, -0.2) is 14.4 Å². The Labute approximate surface area is 249 Å². The molecule has 1 atom stereocenters. The molecule has 9 heteroatoms. The van der Waals surface area contributed by atoms with Crippen molar-refractivity contribution in [2.24, 2.45) is 5.41 Å². The molecule has 4 heterocycles. The van der Waals surface area contributed by atoms with Crippen LogP contribution in [0.25, 0.3) is 27.8 Å². The van der Waals surface area contributed by atoms with Gasteiger partial charge in [0.25, 0.3) is 5.91 Å². The average Bonchev–Trinajstić information content (AvgIpc) is 3.65. The first-order valence-corrected chi connectivity index (χ1v) is 14.7. The van der Waals surface area contributed by atoms with Crippen molar-refractivity contribution in [3.8, 4) is 11.1 Å². The number of benzene rings is 2. The molecule has 7 rings (SSSR count). The number of likely N-dealkylation sites (tertiary alicyclic amines) is 1. The number of nitrogens with zero attached hydrogens (tertiary/aromatic N) is 5. The Bertz CT molecular complexity index is 1900. The lowest BCUT2D eigenvalue weighted by Crippen LogP contribution is -2.57. The maximum atomic E-state index is 15.5. The monoisotopic (exact) mass is 576 g/mol. The van der Waals surface area contributed by atoms with Crippen LogP contribution in [0.2, 0.25) is 0 Å². The van der Waals surface area contributed by atoms with Crippen LogP contribution in [-0.2, 0) is 10.2 Å². The SMILES string of the molecule is CC(C)(C)[C@@H](NC(=O)c1ccc(-c2cnc3ncc(C4(c5ccc6ncccc6c5)CC4)n3c2)cc1F)C(=O)N1CCC1. The van der Waals surface area contributed by atoms with E-state index in [1.165, 1.54) is 17.7 Å². The largest absolute Gasteiger partial charge is 0.341 e. The van der Waals surface area contributed by atoms with E-state index in [4.69, 9.17) is 0 Å². The number of carbonyl (C=O) groups excluding carboxylic acids is 2. The molecule has 2 aromatic carbocycles. The fraction of sp³-hybridized carbons (Fsp3) is 0.324. The summed E-state index contributed by atoms with van der Waals surface area (Å²) in [4.78, 5) is 41.5. The molecule has 0 radical (unpaired) electrons. The van der Waals surface area contributed by atoms with Crippen molar-refractivity contribution in [3.63, 3.8) is 0 Å². The van der Waals surface area contributed by atoms with Gasteiger partial charge in [-0.2, -0.15) is 0 Å². The second-order valence-electron chi connectivity index (χ2n) is 12.8. The third-order valence-electron chi connectivity index (χ3n) is 8.86. The molecule has 2 amide bonds. The van der Waals surface area contributed by atoms with Crippen LogP contribution in [0.4, 0.5) is 4.39 Å². The number of amides is 2. The summed E-state index contributed by atoms with van der Waals surface area (Å²) < 4.78 is 17.4. The van der Waals surface area contributed by atoms with Crippen LogP contribution in [0.3, 0.4) is 0 Å². The van der Waals surface area contributed by atoms with Gasteiger partial charge in [-0.3, -0.25) is 19.0 Å². The third-order valence-corrected chi connectivity index (χ3v) is 8.86. The van der Waals surface area contributed by atoms with E-state index in [1.807, 2.05) is 43.6 Å². The van der Waals surface area contributed by atoms with Gasteiger partial charge in [0, 0.05) is 48.0 Å². The first-order chi connectivity index (χ1) is 20.6. The molecule has 3 aromatic heterocycles. The molecule has 1 aliphatic heterocycles. The summed E-state index contributed by atoms with van der Waals surface area (Å²) in [5.74, 6) is -0.824. The minimum Gasteiger partial charge on any atom is -0.341 e. The van der Waals surface area contributed by atoms with Crippen molar-refractivity contribution in [2.75, 3.05) is 13.1 Å². The zero-order valence-electron chi connectivity index (χ0n) is 24.5. The van der Waals surface area contributed by atoms with Crippen molar-refractivity contribution in [1.82, 2.24) is 29.6 Å². The molecule has 218 valence electrons. The fourth-order valence-electron chi connectivity index (χ4n) is 6.02. The highest BCUT2D eigenvalue weighted by Gasteiger charge is 2.48. The van der Waals surface area contributed by atoms with Crippen molar-refractivity contribution >= 4 is 28.5 Å². The predicted octanol–water partition coefficient (Wildman–Crippen LogP) is 5.54. The molecular weight excluding hydrogens is 543 g/mol. The molecule has 1 N–H and O–H groups in total. The number of hydrogen-bond acceptors (Lipinski definition) is 5. The second kappa shape index (κ2) is 9.97. The van der Waals surface area contributed by atoms with E-state index in [0.29, 0.717) is 30.0 Å². The minimum absolute atomic E-state index is 0.102. The zero-order valence-corrected chi connectivity index (χ0v) is 24.5. The highest BCUT2D eigenvalue weighted by atomic mass is 19.1. The molecule has 2 aliphatic rings. The summed E-state index contributed by atoms with van der Waals surface area (Å²) in [6.45, 7) is 7.05. The highest BCUT2D eigenvalue weighted by Crippen LogP contribution is 2.53. The van der Waals surface area contributed by atoms with E-state index >= 15 is 4.39 Å². The molecular formula is C34H33FN6O2. The summed E-state index contributed by atoms with van der Waals surface area (Å²) in [6.07, 6.45) is 10.2. The van der Waals surface area contributed by atoms with Gasteiger partial charge < -0.3 is 10.2 Å². The van der Waals surface area contributed by atoms with E-state index in [-0.39, 0.29) is 16.9 Å². The molecule has 1 saturated carbocycles. The quantitative estimate of drug-likeness (QED) is 0.287. The molecule has 2 fully saturated rings. The van der Waals surface area contributed by atoms with Gasteiger partial charge in [0.05, 0.1) is 23.0 Å². The number of aromatic nitrogens is 4. The number of fused-ring (bicyclic) bond motifs is 2. The van der Waals surface area contributed by atoms with Crippen LogP contribution >= 0.6 is 0 Å². The van der Waals surface area contributed by atoms with Gasteiger partial charge in [-0.1, -0.05) is 39.0 Å². The van der Waals surface area contributed by atoms with Gasteiger partial charge in [0.15, 0.2) is 0 Å². The summed E-state index contributed by atoms with van der Waals surface area (Å²) in [5.41, 5.74) is 3.71. The summed E-state index contributed by atoms with van der Waals surface area (Å²) in [6, 6.07) is 14.2. The Balaban J connectivity index is 1.18. The lowest BCUT2D eigenvalue weighted by Gasteiger charge is -2.39.